The van der Waals surface area contributed by atoms with Crippen molar-refractivity contribution in [1.82, 2.24) is 0 Å². The molecule has 2 atom stereocenters. The molecule has 0 radical (unpaired) electrons. The third kappa shape index (κ3) is 3.51. The van der Waals surface area contributed by atoms with E-state index < -0.39 is 0 Å². The van der Waals surface area contributed by atoms with Crippen molar-refractivity contribution in [3.8, 4) is 0 Å². The van der Waals surface area contributed by atoms with Gasteiger partial charge >= 0.3 is 0 Å². The van der Waals surface area contributed by atoms with Gasteiger partial charge in [-0.1, -0.05) is 19.9 Å². The Bertz CT molecular complexity index is 419. The van der Waals surface area contributed by atoms with Crippen LogP contribution in [-0.2, 0) is 6.42 Å². The van der Waals surface area contributed by atoms with Crippen molar-refractivity contribution < 1.29 is 0 Å². The Kier molecular flexibility index (Phi) is 5.28. The normalized spacial score (nSPS) is 20.8. The molecule has 0 amide bonds. The van der Waals surface area contributed by atoms with Crippen molar-refractivity contribution in [3.05, 3.63) is 28.2 Å². The van der Waals surface area contributed by atoms with Gasteiger partial charge in [-0.2, -0.15) is 0 Å². The van der Waals surface area contributed by atoms with E-state index in [9.17, 15) is 0 Å². The lowest BCUT2D eigenvalue weighted by molar-refractivity contribution is 0.641. The van der Waals surface area contributed by atoms with Gasteiger partial charge < -0.3 is 10.6 Å². The maximum Gasteiger partial charge on any atom is 0.0513 e. The standard InChI is InChI=1S/C16H25BrN2/c1-3-13(18)10-12-7-8-16(15(17)11-12)19-9-5-6-14(19)4-2/h7-8,11,13-14H,3-6,9-10,18H2,1-2H3. The molecule has 3 heteroatoms. The predicted molar refractivity (Wildman–Crippen MR) is 86.8 cm³/mol. The number of halogens is 1. The second-order valence-corrected chi connectivity index (χ2v) is 6.41. The highest BCUT2D eigenvalue weighted by Crippen LogP contribution is 2.34. The van der Waals surface area contributed by atoms with Crippen LogP contribution in [0.1, 0.15) is 45.1 Å². The molecule has 1 aromatic carbocycles. The smallest absolute Gasteiger partial charge is 0.0513 e. The lowest BCUT2D eigenvalue weighted by atomic mass is 10.0. The average Bonchev–Trinajstić information content (AvgIpc) is 2.87. The molecule has 1 saturated heterocycles. The first-order valence-corrected chi connectivity index (χ1v) is 8.25. The second kappa shape index (κ2) is 6.76. The second-order valence-electron chi connectivity index (χ2n) is 5.56. The minimum Gasteiger partial charge on any atom is -0.368 e. The van der Waals surface area contributed by atoms with Crippen molar-refractivity contribution >= 4 is 21.6 Å². The molecule has 0 bridgehead atoms. The average molecular weight is 325 g/mol. The quantitative estimate of drug-likeness (QED) is 0.883. The predicted octanol–water partition coefficient (Wildman–Crippen LogP) is 4.11. The summed E-state index contributed by atoms with van der Waals surface area (Å²) in [5.41, 5.74) is 8.71. The fourth-order valence-electron chi connectivity index (χ4n) is 2.93. The summed E-state index contributed by atoms with van der Waals surface area (Å²) in [4.78, 5) is 2.55. The molecule has 19 heavy (non-hydrogen) atoms. The number of hydrogen-bond donors (Lipinski definition) is 1. The molecule has 1 aliphatic rings. The minimum atomic E-state index is 0.271. The summed E-state index contributed by atoms with van der Waals surface area (Å²) in [6, 6.07) is 7.72. The van der Waals surface area contributed by atoms with E-state index >= 15 is 0 Å². The molecule has 1 heterocycles. The van der Waals surface area contributed by atoms with Crippen LogP contribution in [0.25, 0.3) is 0 Å². The summed E-state index contributed by atoms with van der Waals surface area (Å²) in [5.74, 6) is 0. The van der Waals surface area contributed by atoms with Gasteiger partial charge in [-0.3, -0.25) is 0 Å². The number of rotatable bonds is 5. The molecule has 0 spiro atoms. The van der Waals surface area contributed by atoms with E-state index in [0.29, 0.717) is 6.04 Å². The highest BCUT2D eigenvalue weighted by atomic mass is 79.9. The van der Waals surface area contributed by atoms with Crippen LogP contribution in [0, 0.1) is 0 Å². The van der Waals surface area contributed by atoms with Crippen LogP contribution in [0.2, 0.25) is 0 Å². The summed E-state index contributed by atoms with van der Waals surface area (Å²) in [6.45, 7) is 5.61. The van der Waals surface area contributed by atoms with Crippen molar-refractivity contribution in [2.75, 3.05) is 11.4 Å². The van der Waals surface area contributed by atoms with E-state index in [-0.39, 0.29) is 6.04 Å². The number of hydrogen-bond acceptors (Lipinski definition) is 2. The number of benzene rings is 1. The topological polar surface area (TPSA) is 29.3 Å². The molecular weight excluding hydrogens is 300 g/mol. The Morgan fingerprint density at radius 3 is 2.84 bits per heavy atom. The first-order valence-electron chi connectivity index (χ1n) is 7.46. The van der Waals surface area contributed by atoms with Gasteiger partial charge in [0.15, 0.2) is 0 Å². The third-order valence-electron chi connectivity index (χ3n) is 4.19. The molecule has 0 saturated carbocycles. The largest absolute Gasteiger partial charge is 0.368 e. The molecule has 1 fully saturated rings. The molecular formula is C16H25BrN2. The van der Waals surface area contributed by atoms with Crippen LogP contribution in [0.15, 0.2) is 22.7 Å². The molecule has 2 rings (SSSR count). The zero-order chi connectivity index (χ0) is 13.8. The summed E-state index contributed by atoms with van der Waals surface area (Å²) in [7, 11) is 0. The first-order chi connectivity index (χ1) is 9.15. The summed E-state index contributed by atoms with van der Waals surface area (Å²) in [6.07, 6.45) is 5.86. The lowest BCUT2D eigenvalue weighted by Crippen LogP contribution is -2.28. The van der Waals surface area contributed by atoms with Gasteiger partial charge in [0, 0.05) is 23.1 Å². The zero-order valence-electron chi connectivity index (χ0n) is 12.0. The van der Waals surface area contributed by atoms with Crippen molar-refractivity contribution in [2.24, 2.45) is 5.73 Å². The van der Waals surface area contributed by atoms with Crippen LogP contribution in [-0.4, -0.2) is 18.6 Å². The van der Waals surface area contributed by atoms with E-state index in [1.165, 1.54) is 41.5 Å². The summed E-state index contributed by atoms with van der Waals surface area (Å²) >= 11 is 3.74. The Morgan fingerprint density at radius 2 is 2.21 bits per heavy atom. The summed E-state index contributed by atoms with van der Waals surface area (Å²) < 4.78 is 1.22. The molecule has 1 aromatic rings. The molecule has 106 valence electrons. The third-order valence-corrected chi connectivity index (χ3v) is 4.83. The lowest BCUT2D eigenvalue weighted by Gasteiger charge is -2.27. The van der Waals surface area contributed by atoms with Crippen LogP contribution < -0.4 is 10.6 Å². The molecule has 0 aromatic heterocycles. The van der Waals surface area contributed by atoms with E-state index in [1.54, 1.807) is 0 Å². The van der Waals surface area contributed by atoms with Crippen LogP contribution in [0.4, 0.5) is 5.69 Å². The van der Waals surface area contributed by atoms with Crippen LogP contribution in [0.5, 0.6) is 0 Å². The fourth-order valence-corrected chi connectivity index (χ4v) is 3.59. The van der Waals surface area contributed by atoms with E-state index in [0.717, 1.165) is 12.8 Å². The molecule has 2 N–H and O–H groups in total. The van der Waals surface area contributed by atoms with Gasteiger partial charge in [0.05, 0.1) is 5.69 Å². The highest BCUT2D eigenvalue weighted by molar-refractivity contribution is 9.10. The van der Waals surface area contributed by atoms with E-state index in [2.05, 4.69) is 52.9 Å². The number of nitrogens with zero attached hydrogens (tertiary/aromatic N) is 1. The molecule has 1 aliphatic heterocycles. The SMILES string of the molecule is CCC(N)Cc1ccc(N2CCCC2CC)c(Br)c1. The Morgan fingerprint density at radius 1 is 1.42 bits per heavy atom. The maximum atomic E-state index is 6.03. The Balaban J connectivity index is 2.15. The Hall–Kier alpha value is -0.540. The van der Waals surface area contributed by atoms with Crippen molar-refractivity contribution in [2.45, 2.75) is 58.0 Å². The van der Waals surface area contributed by atoms with Gasteiger partial charge in [-0.15, -0.1) is 0 Å². The van der Waals surface area contributed by atoms with Crippen molar-refractivity contribution in [1.29, 1.82) is 0 Å². The van der Waals surface area contributed by atoms with Gasteiger partial charge in [0.25, 0.3) is 0 Å². The number of nitrogens with two attached hydrogens (primary N) is 1. The van der Waals surface area contributed by atoms with Crippen LogP contribution in [0.3, 0.4) is 0 Å². The Labute approximate surface area is 125 Å². The number of anilines is 1. The molecule has 2 nitrogen and oxygen atoms in total. The van der Waals surface area contributed by atoms with Gasteiger partial charge in [0.1, 0.15) is 0 Å². The highest BCUT2D eigenvalue weighted by Gasteiger charge is 2.24. The van der Waals surface area contributed by atoms with E-state index in [4.69, 9.17) is 5.73 Å². The fraction of sp³-hybridized carbons (Fsp3) is 0.625. The van der Waals surface area contributed by atoms with Gasteiger partial charge in [0.2, 0.25) is 0 Å². The van der Waals surface area contributed by atoms with Gasteiger partial charge in [-0.25, -0.2) is 0 Å². The maximum absolute atomic E-state index is 6.03. The zero-order valence-corrected chi connectivity index (χ0v) is 13.6. The van der Waals surface area contributed by atoms with Crippen LogP contribution >= 0.6 is 15.9 Å². The van der Waals surface area contributed by atoms with Gasteiger partial charge in [-0.05, 0) is 65.7 Å². The first kappa shape index (κ1) is 14.9. The minimum absolute atomic E-state index is 0.271. The van der Waals surface area contributed by atoms with Crippen molar-refractivity contribution in [3.63, 3.8) is 0 Å². The molecule has 2 unspecified atom stereocenters. The molecule has 0 aliphatic carbocycles. The van der Waals surface area contributed by atoms with E-state index in [1.807, 2.05) is 0 Å². The monoisotopic (exact) mass is 324 g/mol. The summed E-state index contributed by atoms with van der Waals surface area (Å²) in [5, 5.41) is 0.